The Bertz CT molecular complexity index is 462. The van der Waals surface area contributed by atoms with Crippen molar-refractivity contribution in [3.63, 3.8) is 0 Å². The Labute approximate surface area is 106 Å². The summed E-state index contributed by atoms with van der Waals surface area (Å²) in [6, 6.07) is 8.49. The first kappa shape index (κ1) is 12.1. The van der Waals surface area contributed by atoms with Crippen molar-refractivity contribution in [3.05, 3.63) is 42.0 Å². The number of unbranched alkanes of at least 4 members (excludes halogenated alkanes) is 1. The minimum Gasteiger partial charge on any atom is -0.285 e. The molecule has 3 nitrogen and oxygen atoms in total. The second-order valence-corrected chi connectivity index (χ2v) is 4.29. The lowest BCUT2D eigenvalue weighted by Gasteiger charge is -2.06. The van der Waals surface area contributed by atoms with Crippen molar-refractivity contribution >= 4 is 11.6 Å². The summed E-state index contributed by atoms with van der Waals surface area (Å²) in [7, 11) is 0. The van der Waals surface area contributed by atoms with Gasteiger partial charge in [0, 0.05) is 5.69 Å². The summed E-state index contributed by atoms with van der Waals surface area (Å²) in [5.41, 5.74) is 2.43. The fourth-order valence-corrected chi connectivity index (χ4v) is 1.95. The van der Waals surface area contributed by atoms with Crippen LogP contribution in [-0.4, -0.2) is 14.8 Å². The van der Waals surface area contributed by atoms with Crippen molar-refractivity contribution in [1.29, 1.82) is 0 Å². The van der Waals surface area contributed by atoms with Crippen molar-refractivity contribution < 1.29 is 0 Å². The number of aromatic nitrogens is 3. The number of hydrogen-bond acceptors (Lipinski definition) is 2. The molecule has 1 aromatic heterocycles. The van der Waals surface area contributed by atoms with E-state index in [0.717, 1.165) is 17.9 Å². The molecule has 2 rings (SSSR count). The first-order valence-electron chi connectivity index (χ1n) is 5.89. The SMILES string of the molecule is CCCCc1ccc(-n2cnnc2CCl)cc1. The number of alkyl halides is 1. The van der Waals surface area contributed by atoms with Crippen LogP contribution in [-0.2, 0) is 12.3 Å². The molecule has 0 unspecified atom stereocenters. The van der Waals surface area contributed by atoms with Gasteiger partial charge in [0.25, 0.3) is 0 Å². The summed E-state index contributed by atoms with van der Waals surface area (Å²) in [5.74, 6) is 1.14. The summed E-state index contributed by atoms with van der Waals surface area (Å²) in [5, 5.41) is 7.83. The Morgan fingerprint density at radius 2 is 2.00 bits per heavy atom. The average Bonchev–Trinajstić information content (AvgIpc) is 2.85. The third kappa shape index (κ3) is 2.86. The van der Waals surface area contributed by atoms with Crippen molar-refractivity contribution in [2.45, 2.75) is 32.1 Å². The lowest BCUT2D eigenvalue weighted by atomic mass is 10.1. The highest BCUT2D eigenvalue weighted by Gasteiger charge is 2.04. The molecule has 90 valence electrons. The molecule has 0 N–H and O–H groups in total. The third-order valence-corrected chi connectivity index (χ3v) is 3.01. The molecule has 0 aliphatic carbocycles. The Kier molecular flexibility index (Phi) is 4.15. The zero-order chi connectivity index (χ0) is 12.1. The number of aryl methyl sites for hydroxylation is 1. The molecule has 2 aromatic rings. The lowest BCUT2D eigenvalue weighted by Crippen LogP contribution is -1.98. The minimum absolute atomic E-state index is 0.373. The maximum absolute atomic E-state index is 5.80. The van der Waals surface area contributed by atoms with Gasteiger partial charge < -0.3 is 0 Å². The predicted octanol–water partition coefficient (Wildman–Crippen LogP) is 3.35. The molecule has 0 atom stereocenters. The molecule has 0 saturated heterocycles. The van der Waals surface area contributed by atoms with Crippen LogP contribution in [0, 0.1) is 0 Å². The third-order valence-electron chi connectivity index (χ3n) is 2.77. The number of halogens is 1. The van der Waals surface area contributed by atoms with Crippen molar-refractivity contribution in [2.75, 3.05) is 0 Å². The Hall–Kier alpha value is -1.35. The molecule has 0 aliphatic heterocycles. The number of rotatable bonds is 5. The van der Waals surface area contributed by atoms with Crippen LogP contribution < -0.4 is 0 Å². The standard InChI is InChI=1S/C13H16ClN3/c1-2-3-4-11-5-7-12(8-6-11)17-10-15-16-13(17)9-14/h5-8,10H,2-4,9H2,1H3. The van der Waals surface area contributed by atoms with Crippen molar-refractivity contribution in [3.8, 4) is 5.69 Å². The topological polar surface area (TPSA) is 30.7 Å². The van der Waals surface area contributed by atoms with Gasteiger partial charge in [0.2, 0.25) is 0 Å². The molecule has 0 radical (unpaired) electrons. The maximum atomic E-state index is 5.80. The summed E-state index contributed by atoms with van der Waals surface area (Å²) in [6.45, 7) is 2.21. The van der Waals surface area contributed by atoms with Gasteiger partial charge in [-0.05, 0) is 30.5 Å². The highest BCUT2D eigenvalue weighted by atomic mass is 35.5. The van der Waals surface area contributed by atoms with Gasteiger partial charge in [-0.1, -0.05) is 25.5 Å². The normalized spacial score (nSPS) is 10.7. The summed E-state index contributed by atoms with van der Waals surface area (Å²) in [6.07, 6.45) is 5.29. The van der Waals surface area contributed by atoms with Crippen LogP contribution in [0.1, 0.15) is 31.2 Å². The number of hydrogen-bond donors (Lipinski definition) is 0. The lowest BCUT2D eigenvalue weighted by molar-refractivity contribution is 0.794. The smallest absolute Gasteiger partial charge is 0.152 e. The molecule has 0 aliphatic rings. The Morgan fingerprint density at radius 3 is 2.65 bits per heavy atom. The quantitative estimate of drug-likeness (QED) is 0.761. The van der Waals surface area contributed by atoms with Crippen LogP contribution in [0.5, 0.6) is 0 Å². The van der Waals surface area contributed by atoms with Crippen LogP contribution in [0.2, 0.25) is 0 Å². The average molecular weight is 250 g/mol. The molecule has 0 spiro atoms. The van der Waals surface area contributed by atoms with E-state index in [2.05, 4.69) is 41.4 Å². The molecule has 17 heavy (non-hydrogen) atoms. The van der Waals surface area contributed by atoms with Crippen molar-refractivity contribution in [1.82, 2.24) is 14.8 Å². The zero-order valence-electron chi connectivity index (χ0n) is 9.93. The van der Waals surface area contributed by atoms with E-state index in [9.17, 15) is 0 Å². The van der Waals surface area contributed by atoms with Gasteiger partial charge in [-0.3, -0.25) is 4.57 Å². The van der Waals surface area contributed by atoms with Gasteiger partial charge >= 0.3 is 0 Å². The van der Waals surface area contributed by atoms with E-state index in [-0.39, 0.29) is 0 Å². The largest absolute Gasteiger partial charge is 0.285 e. The van der Waals surface area contributed by atoms with E-state index in [1.165, 1.54) is 18.4 Å². The second-order valence-electron chi connectivity index (χ2n) is 4.02. The molecule has 0 amide bonds. The predicted molar refractivity (Wildman–Crippen MR) is 69.5 cm³/mol. The molecule has 0 saturated carbocycles. The Balaban J connectivity index is 2.17. The number of benzene rings is 1. The van der Waals surface area contributed by atoms with Crippen molar-refractivity contribution in [2.24, 2.45) is 0 Å². The first-order chi connectivity index (χ1) is 8.35. The molecular formula is C13H16ClN3. The second kappa shape index (κ2) is 5.82. The first-order valence-corrected chi connectivity index (χ1v) is 6.42. The van der Waals surface area contributed by atoms with Crippen LogP contribution in [0.4, 0.5) is 0 Å². The fourth-order valence-electron chi connectivity index (χ4n) is 1.77. The monoisotopic (exact) mass is 249 g/mol. The van der Waals surface area contributed by atoms with Crippen LogP contribution in [0.25, 0.3) is 5.69 Å². The van der Waals surface area contributed by atoms with E-state index >= 15 is 0 Å². The van der Waals surface area contributed by atoms with Gasteiger partial charge in [-0.15, -0.1) is 21.8 Å². The summed E-state index contributed by atoms with van der Waals surface area (Å²) >= 11 is 5.80. The summed E-state index contributed by atoms with van der Waals surface area (Å²) < 4.78 is 1.91. The van der Waals surface area contributed by atoms with Crippen LogP contribution in [0.3, 0.4) is 0 Å². The minimum atomic E-state index is 0.373. The molecule has 4 heteroatoms. The van der Waals surface area contributed by atoms with E-state index < -0.39 is 0 Å². The van der Waals surface area contributed by atoms with Gasteiger partial charge in [0.15, 0.2) is 5.82 Å². The molecule has 0 bridgehead atoms. The fraction of sp³-hybridized carbons (Fsp3) is 0.385. The Morgan fingerprint density at radius 1 is 1.24 bits per heavy atom. The molecule has 1 heterocycles. The van der Waals surface area contributed by atoms with E-state index in [4.69, 9.17) is 11.6 Å². The zero-order valence-corrected chi connectivity index (χ0v) is 10.7. The molecule has 1 aromatic carbocycles. The van der Waals surface area contributed by atoms with E-state index in [1.54, 1.807) is 6.33 Å². The highest BCUT2D eigenvalue weighted by Crippen LogP contribution is 2.13. The van der Waals surface area contributed by atoms with Gasteiger partial charge in [-0.2, -0.15) is 0 Å². The maximum Gasteiger partial charge on any atom is 0.152 e. The number of nitrogens with zero attached hydrogens (tertiary/aromatic N) is 3. The highest BCUT2D eigenvalue weighted by molar-refractivity contribution is 6.16. The molecular weight excluding hydrogens is 234 g/mol. The van der Waals surface area contributed by atoms with Gasteiger partial charge in [0.05, 0.1) is 5.88 Å². The van der Waals surface area contributed by atoms with Gasteiger partial charge in [0.1, 0.15) is 6.33 Å². The molecule has 0 fully saturated rings. The van der Waals surface area contributed by atoms with Crippen LogP contribution >= 0.6 is 11.6 Å². The summed E-state index contributed by atoms with van der Waals surface area (Å²) in [4.78, 5) is 0. The van der Waals surface area contributed by atoms with Gasteiger partial charge in [-0.25, -0.2) is 0 Å². The van der Waals surface area contributed by atoms with E-state index in [1.807, 2.05) is 4.57 Å². The van der Waals surface area contributed by atoms with Crippen LogP contribution in [0.15, 0.2) is 30.6 Å². The van der Waals surface area contributed by atoms with E-state index in [0.29, 0.717) is 5.88 Å².